The molecule has 0 aliphatic carbocycles. The quantitative estimate of drug-likeness (QED) is 0.807. The van der Waals surface area contributed by atoms with Crippen LogP contribution in [0.15, 0.2) is 30.3 Å². The number of aryl methyl sites for hydroxylation is 1. The maximum atomic E-state index is 12.4. The molecule has 0 spiro atoms. The number of aliphatic hydroxyl groups is 1. The summed E-state index contributed by atoms with van der Waals surface area (Å²) in [6.45, 7) is 6.57. The number of benzene rings is 1. The van der Waals surface area contributed by atoms with Gasteiger partial charge in [-0.25, -0.2) is 4.68 Å². The van der Waals surface area contributed by atoms with Gasteiger partial charge in [0.05, 0.1) is 23.9 Å². The average Bonchev–Trinajstić information content (AvgIpc) is 2.82. The zero-order chi connectivity index (χ0) is 17.7. The highest BCUT2D eigenvalue weighted by molar-refractivity contribution is 6.33. The number of aromatic nitrogens is 2. The molecule has 0 saturated carbocycles. The van der Waals surface area contributed by atoms with Crippen LogP contribution in [0.5, 0.6) is 0 Å². The van der Waals surface area contributed by atoms with Gasteiger partial charge in [-0.3, -0.25) is 4.79 Å². The minimum absolute atomic E-state index is 0.167. The highest BCUT2D eigenvalue weighted by atomic mass is 35.5. The van der Waals surface area contributed by atoms with Crippen LogP contribution in [-0.4, -0.2) is 33.4 Å². The maximum Gasteiger partial charge on any atom is 0.256 e. The van der Waals surface area contributed by atoms with E-state index in [1.807, 2.05) is 44.2 Å². The predicted octanol–water partition coefficient (Wildman–Crippen LogP) is 3.03. The number of nitrogens with zero attached hydrogens (tertiary/aromatic N) is 2. The molecule has 0 aliphatic heterocycles. The van der Waals surface area contributed by atoms with Crippen LogP contribution in [0.25, 0.3) is 0 Å². The van der Waals surface area contributed by atoms with Crippen LogP contribution in [0, 0.1) is 12.8 Å². The van der Waals surface area contributed by atoms with E-state index in [1.165, 1.54) is 0 Å². The lowest BCUT2D eigenvalue weighted by Crippen LogP contribution is -2.29. The summed E-state index contributed by atoms with van der Waals surface area (Å²) in [6.07, 6.45) is 0.0840. The Morgan fingerprint density at radius 2 is 2.00 bits per heavy atom. The van der Waals surface area contributed by atoms with Crippen molar-refractivity contribution in [2.75, 3.05) is 6.54 Å². The van der Waals surface area contributed by atoms with Gasteiger partial charge >= 0.3 is 0 Å². The maximum absolute atomic E-state index is 12.4. The van der Waals surface area contributed by atoms with Crippen molar-refractivity contribution in [2.24, 2.45) is 5.92 Å². The second-order valence-electron chi connectivity index (χ2n) is 6.25. The second kappa shape index (κ2) is 8.31. The number of amides is 1. The molecule has 1 amide bonds. The molecule has 2 aromatic rings. The van der Waals surface area contributed by atoms with Crippen molar-refractivity contribution in [2.45, 2.75) is 39.8 Å². The first kappa shape index (κ1) is 18.5. The third-order valence-corrected chi connectivity index (χ3v) is 4.35. The molecule has 5 nitrogen and oxygen atoms in total. The zero-order valence-electron chi connectivity index (χ0n) is 14.3. The molecular weight excluding hydrogens is 326 g/mol. The summed E-state index contributed by atoms with van der Waals surface area (Å²) in [7, 11) is 0. The van der Waals surface area contributed by atoms with Gasteiger partial charge < -0.3 is 10.4 Å². The summed E-state index contributed by atoms with van der Waals surface area (Å²) in [4.78, 5) is 12.4. The van der Waals surface area contributed by atoms with E-state index in [1.54, 1.807) is 11.6 Å². The summed E-state index contributed by atoms with van der Waals surface area (Å²) < 4.78 is 1.63. The molecule has 2 rings (SSSR count). The van der Waals surface area contributed by atoms with E-state index in [9.17, 15) is 9.90 Å². The molecule has 0 aliphatic rings. The molecule has 0 saturated heterocycles. The van der Waals surface area contributed by atoms with E-state index in [-0.39, 0.29) is 11.8 Å². The number of hydrogen-bond donors (Lipinski definition) is 2. The molecule has 1 heterocycles. The Balaban J connectivity index is 2.04. The van der Waals surface area contributed by atoms with Gasteiger partial charge in [-0.15, -0.1) is 0 Å². The third-order valence-electron chi connectivity index (χ3n) is 3.96. The fourth-order valence-electron chi connectivity index (χ4n) is 2.43. The molecule has 0 bridgehead atoms. The van der Waals surface area contributed by atoms with Gasteiger partial charge in [0.15, 0.2) is 0 Å². The van der Waals surface area contributed by atoms with Crippen LogP contribution in [0.2, 0.25) is 5.15 Å². The molecular formula is C18H24ClN3O2. The van der Waals surface area contributed by atoms with Crippen LogP contribution in [0.3, 0.4) is 0 Å². The van der Waals surface area contributed by atoms with Crippen LogP contribution in [-0.2, 0) is 6.54 Å². The third kappa shape index (κ3) is 4.58. The lowest BCUT2D eigenvalue weighted by atomic mass is 10.0. The molecule has 2 N–H and O–H groups in total. The largest absolute Gasteiger partial charge is 0.393 e. The Morgan fingerprint density at radius 1 is 1.33 bits per heavy atom. The van der Waals surface area contributed by atoms with Crippen LogP contribution >= 0.6 is 11.6 Å². The van der Waals surface area contributed by atoms with Crippen LogP contribution in [0.1, 0.15) is 41.9 Å². The van der Waals surface area contributed by atoms with Crippen molar-refractivity contribution in [1.29, 1.82) is 0 Å². The molecule has 1 aromatic heterocycles. The summed E-state index contributed by atoms with van der Waals surface area (Å²) in [5, 5.41) is 17.3. The van der Waals surface area contributed by atoms with E-state index < -0.39 is 6.10 Å². The van der Waals surface area contributed by atoms with Crippen LogP contribution in [0.4, 0.5) is 0 Å². The number of halogens is 1. The minimum Gasteiger partial charge on any atom is -0.393 e. The highest BCUT2D eigenvalue weighted by Crippen LogP contribution is 2.21. The average molecular weight is 350 g/mol. The van der Waals surface area contributed by atoms with Gasteiger partial charge in [0.25, 0.3) is 5.91 Å². The normalized spacial score (nSPS) is 12.4. The summed E-state index contributed by atoms with van der Waals surface area (Å²) in [5.41, 5.74) is 2.05. The Labute approximate surface area is 147 Å². The monoisotopic (exact) mass is 349 g/mol. The van der Waals surface area contributed by atoms with Crippen molar-refractivity contribution >= 4 is 17.5 Å². The first-order valence-corrected chi connectivity index (χ1v) is 8.51. The fraction of sp³-hybridized carbons (Fsp3) is 0.444. The number of carbonyl (C=O) groups is 1. The number of rotatable bonds is 7. The molecule has 1 atom stereocenters. The molecule has 130 valence electrons. The van der Waals surface area contributed by atoms with Crippen molar-refractivity contribution in [3.8, 4) is 0 Å². The van der Waals surface area contributed by atoms with Gasteiger partial charge in [-0.2, -0.15) is 5.10 Å². The van der Waals surface area contributed by atoms with E-state index >= 15 is 0 Å². The first-order chi connectivity index (χ1) is 11.4. The summed E-state index contributed by atoms with van der Waals surface area (Å²) in [6, 6.07) is 9.82. The highest BCUT2D eigenvalue weighted by Gasteiger charge is 2.20. The topological polar surface area (TPSA) is 67.2 Å². The Hall–Kier alpha value is -1.85. The lowest BCUT2D eigenvalue weighted by molar-refractivity contribution is 0.0919. The Kier molecular flexibility index (Phi) is 6.40. The summed E-state index contributed by atoms with van der Waals surface area (Å²) >= 11 is 6.36. The SMILES string of the molecule is Cc1nn(Cc2ccccc2)c(Cl)c1C(=O)NCCC(O)C(C)C. The number of carbonyl (C=O) groups excluding carboxylic acids is 1. The minimum atomic E-state index is -0.428. The molecule has 1 aromatic carbocycles. The van der Waals surface area contributed by atoms with Gasteiger partial charge in [0.2, 0.25) is 0 Å². The molecule has 0 radical (unpaired) electrons. The molecule has 1 unspecified atom stereocenters. The standard InChI is InChI=1S/C18H24ClN3O2/c1-12(2)15(23)9-10-20-18(24)16-13(3)21-22(17(16)19)11-14-7-5-4-6-8-14/h4-8,12,15,23H,9-11H2,1-3H3,(H,20,24). The fourth-order valence-corrected chi connectivity index (χ4v) is 2.75. The second-order valence-corrected chi connectivity index (χ2v) is 6.61. The summed E-state index contributed by atoms with van der Waals surface area (Å²) in [5.74, 6) is -0.0892. The van der Waals surface area contributed by atoms with Gasteiger partial charge in [0.1, 0.15) is 5.15 Å². The molecule has 24 heavy (non-hydrogen) atoms. The van der Waals surface area contributed by atoms with Gasteiger partial charge in [0, 0.05) is 6.54 Å². The van der Waals surface area contributed by atoms with Gasteiger partial charge in [-0.1, -0.05) is 55.8 Å². The van der Waals surface area contributed by atoms with Crippen molar-refractivity contribution in [1.82, 2.24) is 15.1 Å². The molecule has 0 fully saturated rings. The van der Waals surface area contributed by atoms with Gasteiger partial charge in [-0.05, 0) is 24.8 Å². The Morgan fingerprint density at radius 3 is 2.62 bits per heavy atom. The van der Waals surface area contributed by atoms with E-state index in [0.717, 1.165) is 5.56 Å². The zero-order valence-corrected chi connectivity index (χ0v) is 15.0. The van der Waals surface area contributed by atoms with Crippen molar-refractivity contribution < 1.29 is 9.90 Å². The van der Waals surface area contributed by atoms with E-state index in [4.69, 9.17) is 11.6 Å². The van der Waals surface area contributed by atoms with Crippen molar-refractivity contribution in [3.63, 3.8) is 0 Å². The smallest absolute Gasteiger partial charge is 0.256 e. The Bertz CT molecular complexity index is 683. The molecule has 6 heteroatoms. The lowest BCUT2D eigenvalue weighted by Gasteiger charge is -2.14. The number of aliphatic hydroxyl groups excluding tert-OH is 1. The van der Waals surface area contributed by atoms with E-state index in [0.29, 0.717) is 35.9 Å². The number of nitrogens with one attached hydrogen (secondary N) is 1. The first-order valence-electron chi connectivity index (χ1n) is 8.13. The van der Waals surface area contributed by atoms with Crippen molar-refractivity contribution in [3.05, 3.63) is 52.3 Å². The predicted molar refractivity (Wildman–Crippen MR) is 95.3 cm³/mol. The number of hydrogen-bond acceptors (Lipinski definition) is 3. The van der Waals surface area contributed by atoms with Crippen LogP contribution < -0.4 is 5.32 Å². The van der Waals surface area contributed by atoms with E-state index in [2.05, 4.69) is 10.4 Å².